The lowest BCUT2D eigenvalue weighted by Crippen LogP contribution is -2.22. The van der Waals surface area contributed by atoms with E-state index in [1.54, 1.807) is 19.0 Å². The van der Waals surface area contributed by atoms with Crippen LogP contribution in [0.25, 0.3) is 0 Å². The molecule has 1 rings (SSSR count). The Hall–Kier alpha value is -1.43. The van der Waals surface area contributed by atoms with E-state index in [0.717, 1.165) is 6.07 Å². The maximum Gasteiger partial charge on any atom is 0.419 e. The minimum Gasteiger partial charge on any atom is -0.302 e. The van der Waals surface area contributed by atoms with Crippen LogP contribution in [0.3, 0.4) is 0 Å². The van der Waals surface area contributed by atoms with E-state index in [4.69, 9.17) is 0 Å². The summed E-state index contributed by atoms with van der Waals surface area (Å²) in [4.78, 5) is 13.0. The third-order valence-corrected chi connectivity index (χ3v) is 2.06. The van der Waals surface area contributed by atoms with Crippen molar-refractivity contribution in [3.63, 3.8) is 0 Å². The van der Waals surface area contributed by atoms with Gasteiger partial charge in [0.1, 0.15) is 5.82 Å². The molecular weight excluding hydrogens is 238 g/mol. The number of benzene rings is 1. The van der Waals surface area contributed by atoms with Gasteiger partial charge in [-0.3, -0.25) is 4.79 Å². The third-order valence-electron chi connectivity index (χ3n) is 2.06. The van der Waals surface area contributed by atoms with Crippen molar-refractivity contribution in [1.29, 1.82) is 0 Å². The molecule has 0 radical (unpaired) electrons. The maximum absolute atomic E-state index is 13.2. The zero-order chi connectivity index (χ0) is 13.2. The number of hydrogen-bond donors (Lipinski definition) is 0. The van der Waals surface area contributed by atoms with Crippen molar-refractivity contribution in [1.82, 2.24) is 4.90 Å². The van der Waals surface area contributed by atoms with E-state index in [1.165, 1.54) is 0 Å². The Morgan fingerprint density at radius 3 is 2.29 bits per heavy atom. The van der Waals surface area contributed by atoms with E-state index < -0.39 is 23.3 Å². The van der Waals surface area contributed by atoms with Crippen LogP contribution in [-0.2, 0) is 6.18 Å². The van der Waals surface area contributed by atoms with Crippen LogP contribution in [0, 0.1) is 5.82 Å². The molecule has 1 aromatic carbocycles. The average molecular weight is 249 g/mol. The highest BCUT2D eigenvalue weighted by Crippen LogP contribution is 2.31. The lowest BCUT2D eigenvalue weighted by Gasteiger charge is -2.11. The summed E-state index contributed by atoms with van der Waals surface area (Å²) in [5.74, 6) is -1.86. The van der Waals surface area contributed by atoms with Gasteiger partial charge in [0.05, 0.1) is 12.1 Å². The van der Waals surface area contributed by atoms with E-state index in [0.29, 0.717) is 12.1 Å². The van der Waals surface area contributed by atoms with Crippen LogP contribution in [0.15, 0.2) is 18.2 Å². The fraction of sp³-hybridized carbons (Fsp3) is 0.364. The van der Waals surface area contributed by atoms with Gasteiger partial charge >= 0.3 is 6.18 Å². The number of halogens is 4. The van der Waals surface area contributed by atoms with Crippen LogP contribution in [0.5, 0.6) is 0 Å². The number of Topliss-reactive ketones (excluding diaryl/α,β-unsaturated/α-hetero) is 1. The van der Waals surface area contributed by atoms with Crippen molar-refractivity contribution in [2.75, 3.05) is 20.6 Å². The lowest BCUT2D eigenvalue weighted by atomic mass is 10.1. The molecule has 0 aliphatic heterocycles. The molecule has 0 unspecified atom stereocenters. The predicted octanol–water partition coefficient (Wildman–Crippen LogP) is 2.59. The first kappa shape index (κ1) is 13.6. The number of hydrogen-bond acceptors (Lipinski definition) is 2. The second-order valence-corrected chi connectivity index (χ2v) is 3.85. The molecule has 0 atom stereocenters. The van der Waals surface area contributed by atoms with E-state index in [9.17, 15) is 22.4 Å². The zero-order valence-corrected chi connectivity index (χ0v) is 9.31. The fourth-order valence-corrected chi connectivity index (χ4v) is 1.30. The van der Waals surface area contributed by atoms with Crippen molar-refractivity contribution in [3.8, 4) is 0 Å². The van der Waals surface area contributed by atoms with Gasteiger partial charge in [0.15, 0.2) is 5.78 Å². The second-order valence-electron chi connectivity index (χ2n) is 3.85. The molecule has 0 spiro atoms. The number of rotatable bonds is 3. The molecule has 0 fully saturated rings. The summed E-state index contributed by atoms with van der Waals surface area (Å²) in [6.07, 6.45) is -4.74. The van der Waals surface area contributed by atoms with Crippen LogP contribution < -0.4 is 0 Å². The van der Waals surface area contributed by atoms with Gasteiger partial charge in [-0.25, -0.2) is 4.39 Å². The van der Waals surface area contributed by atoms with Gasteiger partial charge in [-0.15, -0.1) is 0 Å². The molecule has 0 saturated carbocycles. The van der Waals surface area contributed by atoms with Gasteiger partial charge < -0.3 is 4.90 Å². The molecule has 0 aromatic heterocycles. The van der Waals surface area contributed by atoms with E-state index in [2.05, 4.69) is 0 Å². The Morgan fingerprint density at radius 1 is 1.29 bits per heavy atom. The molecule has 0 saturated heterocycles. The predicted molar refractivity (Wildman–Crippen MR) is 54.3 cm³/mol. The zero-order valence-electron chi connectivity index (χ0n) is 9.31. The number of alkyl halides is 3. The summed E-state index contributed by atoms with van der Waals surface area (Å²) >= 11 is 0. The molecule has 17 heavy (non-hydrogen) atoms. The Bertz CT molecular complexity index is 426. The quantitative estimate of drug-likeness (QED) is 0.606. The number of ketones is 1. The van der Waals surface area contributed by atoms with E-state index in [1.807, 2.05) is 0 Å². The van der Waals surface area contributed by atoms with Crippen LogP contribution in [-0.4, -0.2) is 31.3 Å². The molecule has 0 bridgehead atoms. The smallest absolute Gasteiger partial charge is 0.302 e. The van der Waals surface area contributed by atoms with Crippen molar-refractivity contribution >= 4 is 5.78 Å². The molecular formula is C11H11F4NO. The van der Waals surface area contributed by atoms with E-state index in [-0.39, 0.29) is 12.1 Å². The highest BCUT2D eigenvalue weighted by atomic mass is 19.4. The van der Waals surface area contributed by atoms with Crippen molar-refractivity contribution in [2.24, 2.45) is 0 Å². The Morgan fingerprint density at radius 2 is 1.88 bits per heavy atom. The monoisotopic (exact) mass is 249 g/mol. The Balaban J connectivity index is 3.01. The van der Waals surface area contributed by atoms with Gasteiger partial charge in [-0.05, 0) is 26.2 Å². The standard InChI is InChI=1S/C11H11F4NO/c1-16(2)6-10(17)7-3-4-8(9(12)5-7)11(13,14)15/h3-5H,6H2,1-2H3. The molecule has 0 amide bonds. The summed E-state index contributed by atoms with van der Waals surface area (Å²) in [6.45, 7) is 0.0187. The fourth-order valence-electron chi connectivity index (χ4n) is 1.30. The van der Waals surface area contributed by atoms with Crippen molar-refractivity contribution in [2.45, 2.75) is 6.18 Å². The Labute approximate surface area is 95.8 Å². The summed E-state index contributed by atoms with van der Waals surface area (Å²) in [5.41, 5.74) is -1.43. The van der Waals surface area contributed by atoms with Crippen LogP contribution in [0.4, 0.5) is 17.6 Å². The van der Waals surface area contributed by atoms with Crippen LogP contribution >= 0.6 is 0 Å². The molecule has 0 aliphatic carbocycles. The first-order chi connectivity index (χ1) is 7.71. The van der Waals surface area contributed by atoms with Crippen molar-refractivity contribution in [3.05, 3.63) is 35.1 Å². The van der Waals surface area contributed by atoms with Gasteiger partial charge in [0.2, 0.25) is 0 Å². The number of carbonyl (C=O) groups excluding carboxylic acids is 1. The minimum atomic E-state index is -4.74. The van der Waals surface area contributed by atoms with E-state index >= 15 is 0 Å². The minimum absolute atomic E-state index is 0.0187. The molecule has 0 heterocycles. The largest absolute Gasteiger partial charge is 0.419 e. The Kier molecular flexibility index (Phi) is 3.87. The average Bonchev–Trinajstić information content (AvgIpc) is 2.14. The van der Waals surface area contributed by atoms with Crippen molar-refractivity contribution < 1.29 is 22.4 Å². The normalized spacial score (nSPS) is 11.9. The summed E-state index contributed by atoms with van der Waals surface area (Å²) in [7, 11) is 3.27. The van der Waals surface area contributed by atoms with Gasteiger partial charge in [0.25, 0.3) is 0 Å². The summed E-state index contributed by atoms with van der Waals surface area (Å²) in [5, 5.41) is 0. The number of carbonyl (C=O) groups is 1. The van der Waals surface area contributed by atoms with Crippen LogP contribution in [0.2, 0.25) is 0 Å². The molecule has 94 valence electrons. The first-order valence-corrected chi connectivity index (χ1v) is 4.76. The molecule has 6 heteroatoms. The number of likely N-dealkylation sites (N-methyl/N-ethyl adjacent to an activating group) is 1. The highest BCUT2D eigenvalue weighted by Gasteiger charge is 2.34. The second kappa shape index (κ2) is 4.83. The van der Waals surface area contributed by atoms with Gasteiger partial charge in [-0.1, -0.05) is 6.07 Å². The van der Waals surface area contributed by atoms with Gasteiger partial charge in [0, 0.05) is 5.56 Å². The summed E-state index contributed by atoms with van der Waals surface area (Å²) in [6, 6.07) is 2.19. The lowest BCUT2D eigenvalue weighted by molar-refractivity contribution is -0.140. The third kappa shape index (κ3) is 3.52. The topological polar surface area (TPSA) is 20.3 Å². The number of nitrogens with zero attached hydrogens (tertiary/aromatic N) is 1. The first-order valence-electron chi connectivity index (χ1n) is 4.76. The summed E-state index contributed by atoms with van der Waals surface area (Å²) < 4.78 is 49.9. The SMILES string of the molecule is CN(C)CC(=O)c1ccc(C(F)(F)F)c(F)c1. The molecule has 1 aromatic rings. The molecule has 0 aliphatic rings. The molecule has 2 nitrogen and oxygen atoms in total. The van der Waals surface area contributed by atoms with Gasteiger partial charge in [-0.2, -0.15) is 13.2 Å². The van der Waals surface area contributed by atoms with Crippen LogP contribution in [0.1, 0.15) is 15.9 Å². The molecule has 0 N–H and O–H groups in total. The highest BCUT2D eigenvalue weighted by molar-refractivity contribution is 5.97. The maximum atomic E-state index is 13.2.